The highest BCUT2D eigenvalue weighted by atomic mass is 16.5. The largest absolute Gasteiger partial charge is 0.378 e. The molecule has 0 spiro atoms. The fraction of sp³-hybridized carbons (Fsp3) is 0.647. The number of ether oxygens (including phenoxy) is 1. The van der Waals surface area contributed by atoms with Crippen molar-refractivity contribution < 1.29 is 4.74 Å². The summed E-state index contributed by atoms with van der Waals surface area (Å²) in [6.07, 6.45) is 6.68. The van der Waals surface area contributed by atoms with Crippen LogP contribution in [-0.4, -0.2) is 19.8 Å². The van der Waals surface area contributed by atoms with E-state index in [1.807, 2.05) is 0 Å². The third-order valence-electron chi connectivity index (χ3n) is 4.19. The second kappa shape index (κ2) is 7.06. The van der Waals surface area contributed by atoms with Gasteiger partial charge in [-0.2, -0.15) is 0 Å². The molecule has 1 aromatic carbocycles. The summed E-state index contributed by atoms with van der Waals surface area (Å²) in [5.74, 6) is 0. The molecule has 2 unspecified atom stereocenters. The number of hydrogen-bond acceptors (Lipinski definition) is 2. The molecule has 0 saturated carbocycles. The standard InChI is InChI=1S/C17H27NO/c1-13-9-10-16(14(2)12-13)17(18-3)8-4-6-15-7-5-11-19-15/h9-10,12,15,17-18H,4-8,11H2,1-3H3. The van der Waals surface area contributed by atoms with Gasteiger partial charge in [0.15, 0.2) is 0 Å². The quantitative estimate of drug-likeness (QED) is 0.838. The minimum atomic E-state index is 0.474. The lowest BCUT2D eigenvalue weighted by Crippen LogP contribution is -2.18. The number of benzene rings is 1. The molecule has 1 aliphatic heterocycles. The average molecular weight is 261 g/mol. The van der Waals surface area contributed by atoms with Crippen molar-refractivity contribution >= 4 is 0 Å². The predicted molar refractivity (Wildman–Crippen MR) is 80.5 cm³/mol. The summed E-state index contributed by atoms with van der Waals surface area (Å²) in [5, 5.41) is 3.46. The van der Waals surface area contributed by atoms with E-state index in [1.54, 1.807) is 0 Å². The van der Waals surface area contributed by atoms with Gasteiger partial charge in [0.1, 0.15) is 0 Å². The fourth-order valence-corrected chi connectivity index (χ4v) is 3.09. The van der Waals surface area contributed by atoms with E-state index in [0.29, 0.717) is 12.1 Å². The molecule has 0 bridgehead atoms. The summed E-state index contributed by atoms with van der Waals surface area (Å²) >= 11 is 0. The van der Waals surface area contributed by atoms with Gasteiger partial charge in [0.25, 0.3) is 0 Å². The molecule has 2 rings (SSSR count). The zero-order valence-electron chi connectivity index (χ0n) is 12.5. The van der Waals surface area contributed by atoms with Crippen LogP contribution in [-0.2, 0) is 4.74 Å². The second-order valence-corrected chi connectivity index (χ2v) is 5.77. The Balaban J connectivity index is 1.88. The highest BCUT2D eigenvalue weighted by Gasteiger charge is 2.17. The Morgan fingerprint density at radius 1 is 1.37 bits per heavy atom. The van der Waals surface area contributed by atoms with Crippen molar-refractivity contribution in [1.29, 1.82) is 0 Å². The summed E-state index contributed by atoms with van der Waals surface area (Å²) in [5.41, 5.74) is 4.19. The Morgan fingerprint density at radius 2 is 2.21 bits per heavy atom. The first-order chi connectivity index (χ1) is 9.20. The Hall–Kier alpha value is -0.860. The number of hydrogen-bond donors (Lipinski definition) is 1. The topological polar surface area (TPSA) is 21.3 Å². The van der Waals surface area contributed by atoms with E-state index in [9.17, 15) is 0 Å². The first kappa shape index (κ1) is 14.5. The molecule has 0 amide bonds. The lowest BCUT2D eigenvalue weighted by Gasteiger charge is -2.20. The molecular weight excluding hydrogens is 234 g/mol. The fourth-order valence-electron chi connectivity index (χ4n) is 3.09. The van der Waals surface area contributed by atoms with Gasteiger partial charge in [-0.15, -0.1) is 0 Å². The molecule has 1 saturated heterocycles. The first-order valence-corrected chi connectivity index (χ1v) is 7.56. The molecule has 1 aromatic rings. The molecule has 1 fully saturated rings. The molecule has 1 aliphatic rings. The molecule has 106 valence electrons. The van der Waals surface area contributed by atoms with Gasteiger partial charge in [-0.05, 0) is 64.1 Å². The highest BCUT2D eigenvalue weighted by molar-refractivity contribution is 5.32. The van der Waals surface area contributed by atoms with Crippen LogP contribution in [0.25, 0.3) is 0 Å². The third-order valence-corrected chi connectivity index (χ3v) is 4.19. The SMILES string of the molecule is CNC(CCCC1CCCO1)c1ccc(C)cc1C. The maximum Gasteiger partial charge on any atom is 0.0576 e. The minimum absolute atomic E-state index is 0.474. The van der Waals surface area contributed by atoms with Gasteiger partial charge in [0.05, 0.1) is 6.10 Å². The molecule has 19 heavy (non-hydrogen) atoms. The van der Waals surface area contributed by atoms with Crippen molar-refractivity contribution in [2.24, 2.45) is 0 Å². The van der Waals surface area contributed by atoms with Crippen molar-refractivity contribution in [2.75, 3.05) is 13.7 Å². The molecule has 1 N–H and O–H groups in total. The predicted octanol–water partition coefficient (Wildman–Crippen LogP) is 3.91. The molecule has 0 radical (unpaired) electrons. The van der Waals surface area contributed by atoms with Crippen LogP contribution in [0.2, 0.25) is 0 Å². The number of nitrogens with one attached hydrogen (secondary N) is 1. The highest BCUT2D eigenvalue weighted by Crippen LogP contribution is 2.25. The first-order valence-electron chi connectivity index (χ1n) is 7.56. The van der Waals surface area contributed by atoms with Crippen molar-refractivity contribution in [3.8, 4) is 0 Å². The van der Waals surface area contributed by atoms with E-state index in [1.165, 1.54) is 48.8 Å². The van der Waals surface area contributed by atoms with Gasteiger partial charge in [0, 0.05) is 12.6 Å². The average Bonchev–Trinajstić information content (AvgIpc) is 2.89. The van der Waals surface area contributed by atoms with Gasteiger partial charge in [-0.3, -0.25) is 0 Å². The zero-order valence-corrected chi connectivity index (χ0v) is 12.5. The molecular formula is C17H27NO. The van der Waals surface area contributed by atoms with Crippen LogP contribution >= 0.6 is 0 Å². The van der Waals surface area contributed by atoms with Crippen molar-refractivity contribution in [3.05, 3.63) is 34.9 Å². The van der Waals surface area contributed by atoms with E-state index < -0.39 is 0 Å². The summed E-state index contributed by atoms with van der Waals surface area (Å²) in [7, 11) is 2.07. The Bertz CT molecular complexity index is 396. The van der Waals surface area contributed by atoms with E-state index in [-0.39, 0.29) is 0 Å². The molecule has 2 atom stereocenters. The van der Waals surface area contributed by atoms with Gasteiger partial charge in [-0.1, -0.05) is 23.8 Å². The Labute approximate surface area is 117 Å². The normalized spacial score (nSPS) is 20.7. The van der Waals surface area contributed by atoms with Crippen molar-refractivity contribution in [2.45, 2.75) is 58.1 Å². The summed E-state index contributed by atoms with van der Waals surface area (Å²) < 4.78 is 5.69. The van der Waals surface area contributed by atoms with Crippen LogP contribution in [0, 0.1) is 13.8 Å². The van der Waals surface area contributed by atoms with Crippen LogP contribution < -0.4 is 5.32 Å². The minimum Gasteiger partial charge on any atom is -0.378 e. The van der Waals surface area contributed by atoms with E-state index >= 15 is 0 Å². The van der Waals surface area contributed by atoms with Gasteiger partial charge < -0.3 is 10.1 Å². The summed E-state index contributed by atoms with van der Waals surface area (Å²) in [6, 6.07) is 7.24. The lowest BCUT2D eigenvalue weighted by atomic mass is 9.95. The third kappa shape index (κ3) is 4.05. The van der Waals surface area contributed by atoms with E-state index in [2.05, 4.69) is 44.4 Å². The molecule has 2 nitrogen and oxygen atoms in total. The lowest BCUT2D eigenvalue weighted by molar-refractivity contribution is 0.101. The van der Waals surface area contributed by atoms with Crippen LogP contribution in [0.3, 0.4) is 0 Å². The maximum absolute atomic E-state index is 5.69. The van der Waals surface area contributed by atoms with Crippen LogP contribution in [0.5, 0.6) is 0 Å². The van der Waals surface area contributed by atoms with Gasteiger partial charge in [-0.25, -0.2) is 0 Å². The van der Waals surface area contributed by atoms with Crippen molar-refractivity contribution in [3.63, 3.8) is 0 Å². The Morgan fingerprint density at radius 3 is 2.84 bits per heavy atom. The smallest absolute Gasteiger partial charge is 0.0576 e. The van der Waals surface area contributed by atoms with Crippen LogP contribution in [0.1, 0.15) is 54.8 Å². The second-order valence-electron chi connectivity index (χ2n) is 5.77. The monoisotopic (exact) mass is 261 g/mol. The van der Waals surface area contributed by atoms with Gasteiger partial charge in [0.2, 0.25) is 0 Å². The molecule has 0 aromatic heterocycles. The molecule has 2 heteroatoms. The number of aryl methyl sites for hydroxylation is 2. The van der Waals surface area contributed by atoms with Crippen LogP contribution in [0.4, 0.5) is 0 Å². The molecule has 0 aliphatic carbocycles. The van der Waals surface area contributed by atoms with Gasteiger partial charge >= 0.3 is 0 Å². The zero-order chi connectivity index (χ0) is 13.7. The van der Waals surface area contributed by atoms with Crippen LogP contribution in [0.15, 0.2) is 18.2 Å². The summed E-state index contributed by atoms with van der Waals surface area (Å²) in [6.45, 7) is 5.34. The van der Waals surface area contributed by atoms with Crippen molar-refractivity contribution in [1.82, 2.24) is 5.32 Å². The maximum atomic E-state index is 5.69. The molecule has 1 heterocycles. The summed E-state index contributed by atoms with van der Waals surface area (Å²) in [4.78, 5) is 0. The van der Waals surface area contributed by atoms with E-state index in [0.717, 1.165) is 6.61 Å². The Kier molecular flexibility index (Phi) is 5.41. The van der Waals surface area contributed by atoms with E-state index in [4.69, 9.17) is 4.74 Å². The number of rotatable bonds is 6.